The fourth-order valence-corrected chi connectivity index (χ4v) is 2.56. The third-order valence-corrected chi connectivity index (χ3v) is 3.47. The zero-order valence-electron chi connectivity index (χ0n) is 11.7. The molecule has 1 heterocycles. The predicted molar refractivity (Wildman–Crippen MR) is 73.0 cm³/mol. The number of morpholine rings is 1. The Morgan fingerprint density at radius 3 is 2.67 bits per heavy atom. The Morgan fingerprint density at radius 2 is 2.10 bits per heavy atom. The molecule has 1 fully saturated rings. The highest BCUT2D eigenvalue weighted by molar-refractivity contribution is 5.57. The van der Waals surface area contributed by atoms with Crippen molar-refractivity contribution in [2.45, 2.75) is 31.9 Å². The number of aliphatic hydroxyl groups is 1. The lowest BCUT2D eigenvalue weighted by Crippen LogP contribution is -2.48. The monoisotopic (exact) mass is 304 g/mol. The van der Waals surface area contributed by atoms with Crippen LogP contribution >= 0.6 is 0 Å². The Hall–Kier alpha value is -1.31. The average molecular weight is 304 g/mol. The Balaban J connectivity index is 2.38. The average Bonchev–Trinajstić information content (AvgIpc) is 2.45. The topological polar surface area (TPSA) is 58.7 Å². The van der Waals surface area contributed by atoms with E-state index in [-0.39, 0.29) is 31.5 Å². The number of hydrogen-bond donors (Lipinski definition) is 2. The molecule has 0 spiro atoms. The molecule has 1 aliphatic rings. The van der Waals surface area contributed by atoms with E-state index in [2.05, 4.69) is 0 Å². The molecule has 0 aromatic heterocycles. The van der Waals surface area contributed by atoms with Crippen LogP contribution in [0.3, 0.4) is 0 Å². The molecule has 21 heavy (non-hydrogen) atoms. The van der Waals surface area contributed by atoms with Crippen LogP contribution in [0.25, 0.3) is 0 Å². The van der Waals surface area contributed by atoms with Gasteiger partial charge in [-0.05, 0) is 24.6 Å². The van der Waals surface area contributed by atoms with Gasteiger partial charge in [-0.2, -0.15) is 13.2 Å². The first-order valence-corrected chi connectivity index (χ1v) is 6.76. The minimum Gasteiger partial charge on any atom is -0.394 e. The molecule has 2 rings (SSSR count). The van der Waals surface area contributed by atoms with E-state index in [9.17, 15) is 18.3 Å². The van der Waals surface area contributed by atoms with Gasteiger partial charge < -0.3 is 20.5 Å². The van der Waals surface area contributed by atoms with Gasteiger partial charge in [-0.15, -0.1) is 0 Å². The van der Waals surface area contributed by atoms with Gasteiger partial charge in [0.05, 0.1) is 24.4 Å². The van der Waals surface area contributed by atoms with Crippen LogP contribution in [-0.4, -0.2) is 37.0 Å². The van der Waals surface area contributed by atoms with Crippen LogP contribution < -0.4 is 10.6 Å². The summed E-state index contributed by atoms with van der Waals surface area (Å²) >= 11 is 0. The molecule has 1 aromatic carbocycles. The number of alkyl halides is 3. The highest BCUT2D eigenvalue weighted by Gasteiger charge is 2.36. The van der Waals surface area contributed by atoms with Crippen LogP contribution in [0.5, 0.6) is 0 Å². The van der Waals surface area contributed by atoms with Crippen molar-refractivity contribution in [2.24, 2.45) is 5.73 Å². The largest absolute Gasteiger partial charge is 0.418 e. The number of ether oxygens (including phenoxy) is 1. The van der Waals surface area contributed by atoms with Crippen LogP contribution in [0.1, 0.15) is 18.1 Å². The minimum absolute atomic E-state index is 0.0577. The van der Waals surface area contributed by atoms with Gasteiger partial charge in [0.1, 0.15) is 0 Å². The van der Waals surface area contributed by atoms with Crippen molar-refractivity contribution in [3.63, 3.8) is 0 Å². The normalized spacial score (nSPS) is 23.4. The molecule has 0 aliphatic carbocycles. The van der Waals surface area contributed by atoms with Crippen LogP contribution in [0.2, 0.25) is 0 Å². The highest BCUT2D eigenvalue weighted by atomic mass is 19.4. The standard InChI is InChI=1S/C14H19F3N2O2/c1-9-6-19(7-11(8-20)21-9)13-3-2-10(5-18)4-12(13)14(15,16)17/h2-4,9,11,20H,5-8,18H2,1H3. The molecule has 0 amide bonds. The number of nitrogens with two attached hydrogens (primary N) is 1. The third kappa shape index (κ3) is 3.66. The summed E-state index contributed by atoms with van der Waals surface area (Å²) in [5.74, 6) is 0. The Kier molecular flexibility index (Phi) is 4.75. The van der Waals surface area contributed by atoms with Crippen LogP contribution in [0.4, 0.5) is 18.9 Å². The van der Waals surface area contributed by atoms with Gasteiger partial charge in [-0.25, -0.2) is 0 Å². The summed E-state index contributed by atoms with van der Waals surface area (Å²) in [4.78, 5) is 1.61. The van der Waals surface area contributed by atoms with Gasteiger partial charge in [0, 0.05) is 25.3 Å². The van der Waals surface area contributed by atoms with E-state index in [1.54, 1.807) is 17.9 Å². The first kappa shape index (κ1) is 16.1. The zero-order valence-corrected chi connectivity index (χ0v) is 11.7. The fraction of sp³-hybridized carbons (Fsp3) is 0.571. The molecule has 0 bridgehead atoms. The molecule has 0 saturated carbocycles. The molecule has 2 unspecified atom stereocenters. The van der Waals surface area contributed by atoms with E-state index in [4.69, 9.17) is 10.5 Å². The summed E-state index contributed by atoms with van der Waals surface area (Å²) in [6, 6.07) is 4.12. The summed E-state index contributed by atoms with van der Waals surface area (Å²) in [6.07, 6.45) is -5.17. The number of aliphatic hydroxyl groups excluding tert-OH is 1. The lowest BCUT2D eigenvalue weighted by molar-refractivity contribution is -0.137. The maximum absolute atomic E-state index is 13.2. The van der Waals surface area contributed by atoms with Gasteiger partial charge in [0.15, 0.2) is 0 Å². The molecule has 1 aliphatic heterocycles. The molecule has 118 valence electrons. The first-order chi connectivity index (χ1) is 9.85. The molecule has 2 atom stereocenters. The van der Waals surface area contributed by atoms with Crippen LogP contribution in [-0.2, 0) is 17.5 Å². The molecule has 7 heteroatoms. The van der Waals surface area contributed by atoms with E-state index in [1.807, 2.05) is 0 Å². The molecular weight excluding hydrogens is 285 g/mol. The van der Waals surface area contributed by atoms with Crippen molar-refractivity contribution >= 4 is 5.69 Å². The summed E-state index contributed by atoms with van der Waals surface area (Å²) in [5.41, 5.74) is 5.27. The molecule has 0 radical (unpaired) electrons. The quantitative estimate of drug-likeness (QED) is 0.893. The number of halogens is 3. The van der Waals surface area contributed by atoms with E-state index in [0.717, 1.165) is 6.07 Å². The Bertz CT molecular complexity index is 494. The van der Waals surface area contributed by atoms with Crippen molar-refractivity contribution in [3.8, 4) is 0 Å². The fourth-order valence-electron chi connectivity index (χ4n) is 2.56. The summed E-state index contributed by atoms with van der Waals surface area (Å²) in [7, 11) is 0. The van der Waals surface area contributed by atoms with Gasteiger partial charge in [-0.1, -0.05) is 6.07 Å². The molecule has 3 N–H and O–H groups in total. The number of benzene rings is 1. The van der Waals surface area contributed by atoms with Gasteiger partial charge >= 0.3 is 6.18 Å². The molecular formula is C14H19F3N2O2. The van der Waals surface area contributed by atoms with Gasteiger partial charge in [0.25, 0.3) is 0 Å². The lowest BCUT2D eigenvalue weighted by Gasteiger charge is -2.38. The van der Waals surface area contributed by atoms with Gasteiger partial charge in [-0.3, -0.25) is 0 Å². The van der Waals surface area contributed by atoms with Crippen molar-refractivity contribution in [1.29, 1.82) is 0 Å². The number of hydrogen-bond acceptors (Lipinski definition) is 4. The molecule has 4 nitrogen and oxygen atoms in total. The zero-order chi connectivity index (χ0) is 15.6. The van der Waals surface area contributed by atoms with Crippen LogP contribution in [0, 0.1) is 0 Å². The SMILES string of the molecule is CC1CN(c2ccc(CN)cc2C(F)(F)F)CC(CO)O1. The number of anilines is 1. The predicted octanol–water partition coefficient (Wildman–Crippen LogP) is 1.75. The summed E-state index contributed by atoms with van der Waals surface area (Å²) in [5, 5.41) is 9.19. The summed E-state index contributed by atoms with van der Waals surface area (Å²) < 4.78 is 45.2. The maximum Gasteiger partial charge on any atom is 0.418 e. The second-order valence-corrected chi connectivity index (χ2v) is 5.21. The second-order valence-electron chi connectivity index (χ2n) is 5.21. The summed E-state index contributed by atoms with van der Waals surface area (Å²) in [6.45, 7) is 2.19. The minimum atomic E-state index is -4.45. The third-order valence-electron chi connectivity index (χ3n) is 3.47. The highest BCUT2D eigenvalue weighted by Crippen LogP contribution is 2.38. The smallest absolute Gasteiger partial charge is 0.394 e. The lowest BCUT2D eigenvalue weighted by atomic mass is 10.1. The van der Waals surface area contributed by atoms with E-state index >= 15 is 0 Å². The van der Waals surface area contributed by atoms with E-state index < -0.39 is 17.8 Å². The maximum atomic E-state index is 13.2. The number of nitrogens with zero attached hydrogens (tertiary/aromatic N) is 1. The van der Waals surface area contributed by atoms with Gasteiger partial charge in [0.2, 0.25) is 0 Å². The molecule has 1 aromatic rings. The van der Waals surface area contributed by atoms with Crippen molar-refractivity contribution < 1.29 is 23.0 Å². The van der Waals surface area contributed by atoms with Crippen LogP contribution in [0.15, 0.2) is 18.2 Å². The van der Waals surface area contributed by atoms with Crippen molar-refractivity contribution in [1.82, 2.24) is 0 Å². The van der Waals surface area contributed by atoms with E-state index in [1.165, 1.54) is 6.07 Å². The molecule has 1 saturated heterocycles. The number of rotatable bonds is 3. The second kappa shape index (κ2) is 6.21. The first-order valence-electron chi connectivity index (χ1n) is 6.76. The van der Waals surface area contributed by atoms with E-state index in [0.29, 0.717) is 12.1 Å². The van der Waals surface area contributed by atoms with Crippen molar-refractivity contribution in [3.05, 3.63) is 29.3 Å². The Labute approximate surface area is 121 Å². The Morgan fingerprint density at radius 1 is 1.38 bits per heavy atom. The van der Waals surface area contributed by atoms with Crippen molar-refractivity contribution in [2.75, 3.05) is 24.6 Å².